The molecule has 0 atom stereocenters. The van der Waals surface area contributed by atoms with Crippen molar-refractivity contribution in [2.75, 3.05) is 11.9 Å². The van der Waals surface area contributed by atoms with Crippen molar-refractivity contribution < 1.29 is 14.4 Å². The Morgan fingerprint density at radius 1 is 0.960 bits per heavy atom. The third-order valence-corrected chi connectivity index (χ3v) is 4.87. The highest BCUT2D eigenvalue weighted by Crippen LogP contribution is 2.30. The first-order valence-corrected chi connectivity index (χ1v) is 8.42. The number of benzene rings is 2. The Kier molecular flexibility index (Phi) is 4.99. The molecule has 3 rings (SSSR count). The van der Waals surface area contributed by atoms with Crippen molar-refractivity contribution in [1.29, 1.82) is 0 Å². The lowest BCUT2D eigenvalue weighted by Crippen LogP contribution is -2.33. The van der Waals surface area contributed by atoms with Gasteiger partial charge in [-0.1, -0.05) is 46.9 Å². The average molecular weight is 398 g/mol. The summed E-state index contributed by atoms with van der Waals surface area (Å²) < 4.78 is 0. The maximum Gasteiger partial charge on any atom is 0.263 e. The van der Waals surface area contributed by atoms with Crippen LogP contribution < -0.4 is 5.32 Å². The number of amides is 3. The molecule has 0 bridgehead atoms. The van der Waals surface area contributed by atoms with E-state index in [1.807, 2.05) is 0 Å². The lowest BCUT2D eigenvalue weighted by molar-refractivity contribution is -0.116. The van der Waals surface area contributed by atoms with Crippen LogP contribution in [0.3, 0.4) is 0 Å². The maximum absolute atomic E-state index is 12.3. The number of rotatable bonds is 4. The van der Waals surface area contributed by atoms with Gasteiger partial charge in [0.25, 0.3) is 11.8 Å². The summed E-state index contributed by atoms with van der Waals surface area (Å²) in [5.74, 6) is -1.36. The molecule has 0 saturated heterocycles. The molecule has 128 valence electrons. The smallest absolute Gasteiger partial charge is 0.263 e. The average Bonchev–Trinajstić information content (AvgIpc) is 2.82. The summed E-state index contributed by atoms with van der Waals surface area (Å²) in [6.45, 7) is -0.0628. The number of carbonyl (C=O) groups is 3. The van der Waals surface area contributed by atoms with E-state index in [1.165, 1.54) is 6.07 Å². The molecule has 25 heavy (non-hydrogen) atoms. The van der Waals surface area contributed by atoms with Gasteiger partial charge in [0.15, 0.2) is 0 Å². The van der Waals surface area contributed by atoms with Crippen LogP contribution >= 0.6 is 34.8 Å². The third-order valence-electron chi connectivity index (χ3n) is 3.74. The van der Waals surface area contributed by atoms with Crippen LogP contribution in [0.5, 0.6) is 0 Å². The summed E-state index contributed by atoms with van der Waals surface area (Å²) >= 11 is 17.9. The fraction of sp³-hybridized carbons (Fsp3) is 0.118. The molecule has 0 fully saturated rings. The Morgan fingerprint density at radius 2 is 1.64 bits per heavy atom. The standard InChI is InChI=1S/C17H11Cl3N2O3/c18-10-4-1-3-9-14(10)17(25)22(16(9)24)8-7-13(23)21-12-6-2-5-11(19)15(12)20/h1-6H,7-8H2,(H,21,23). The minimum Gasteiger partial charge on any atom is -0.325 e. The number of carbonyl (C=O) groups excluding carboxylic acids is 3. The van der Waals surface area contributed by atoms with Crippen molar-refractivity contribution in [1.82, 2.24) is 4.90 Å². The van der Waals surface area contributed by atoms with Gasteiger partial charge in [0.1, 0.15) is 0 Å². The number of fused-ring (bicyclic) bond motifs is 1. The lowest BCUT2D eigenvalue weighted by Gasteiger charge is -2.14. The van der Waals surface area contributed by atoms with E-state index in [-0.39, 0.29) is 34.1 Å². The Bertz CT molecular complexity index is 899. The second kappa shape index (κ2) is 7.04. The molecule has 0 saturated carbocycles. The zero-order chi connectivity index (χ0) is 18.1. The first-order valence-electron chi connectivity index (χ1n) is 7.28. The third kappa shape index (κ3) is 3.35. The Hall–Kier alpha value is -2.08. The maximum atomic E-state index is 12.3. The van der Waals surface area contributed by atoms with E-state index in [0.29, 0.717) is 10.7 Å². The quantitative estimate of drug-likeness (QED) is 0.783. The number of hydrogen-bond acceptors (Lipinski definition) is 3. The van der Waals surface area contributed by atoms with Crippen molar-refractivity contribution in [3.8, 4) is 0 Å². The normalized spacial score (nSPS) is 13.2. The molecule has 0 aliphatic carbocycles. The summed E-state index contributed by atoms with van der Waals surface area (Å²) in [4.78, 5) is 37.8. The van der Waals surface area contributed by atoms with Crippen molar-refractivity contribution in [3.05, 3.63) is 62.6 Å². The summed E-state index contributed by atoms with van der Waals surface area (Å²) in [5, 5.41) is 3.36. The van der Waals surface area contributed by atoms with Gasteiger partial charge in [0, 0.05) is 13.0 Å². The van der Waals surface area contributed by atoms with Crippen LogP contribution in [0, 0.1) is 0 Å². The summed E-state index contributed by atoms with van der Waals surface area (Å²) in [5.41, 5.74) is 0.785. The molecule has 2 aromatic carbocycles. The molecule has 8 heteroatoms. The number of hydrogen-bond donors (Lipinski definition) is 1. The molecule has 1 heterocycles. The van der Waals surface area contributed by atoms with E-state index in [4.69, 9.17) is 34.8 Å². The molecular formula is C17H11Cl3N2O3. The highest BCUT2D eigenvalue weighted by molar-refractivity contribution is 6.44. The van der Waals surface area contributed by atoms with Crippen molar-refractivity contribution in [2.24, 2.45) is 0 Å². The van der Waals surface area contributed by atoms with Crippen molar-refractivity contribution in [2.45, 2.75) is 6.42 Å². The predicted octanol–water partition coefficient (Wildman–Crippen LogP) is 4.27. The molecule has 2 aromatic rings. The summed E-state index contributed by atoms with van der Waals surface area (Å²) in [7, 11) is 0. The number of anilines is 1. The van der Waals surface area contributed by atoms with Crippen LogP contribution in [0.25, 0.3) is 0 Å². The van der Waals surface area contributed by atoms with Gasteiger partial charge in [-0.3, -0.25) is 19.3 Å². The highest BCUT2D eigenvalue weighted by Gasteiger charge is 2.37. The van der Waals surface area contributed by atoms with Gasteiger partial charge >= 0.3 is 0 Å². The molecule has 1 aliphatic heterocycles. The Balaban J connectivity index is 1.67. The van der Waals surface area contributed by atoms with E-state index in [2.05, 4.69) is 5.32 Å². The molecule has 0 spiro atoms. The highest BCUT2D eigenvalue weighted by atomic mass is 35.5. The summed E-state index contributed by atoms with van der Waals surface area (Å²) in [6, 6.07) is 9.53. The lowest BCUT2D eigenvalue weighted by atomic mass is 10.1. The fourth-order valence-corrected chi connectivity index (χ4v) is 3.12. The van der Waals surface area contributed by atoms with E-state index in [9.17, 15) is 14.4 Å². The van der Waals surface area contributed by atoms with Crippen LogP contribution in [0.4, 0.5) is 5.69 Å². The predicted molar refractivity (Wildman–Crippen MR) is 96.5 cm³/mol. The Morgan fingerprint density at radius 3 is 2.36 bits per heavy atom. The van der Waals surface area contributed by atoms with Gasteiger partial charge < -0.3 is 5.32 Å². The van der Waals surface area contributed by atoms with Gasteiger partial charge in [0.05, 0.1) is 31.9 Å². The second-order valence-corrected chi connectivity index (χ2v) is 6.52. The zero-order valence-electron chi connectivity index (χ0n) is 12.7. The first-order chi connectivity index (χ1) is 11.9. The van der Waals surface area contributed by atoms with Crippen LogP contribution in [0.2, 0.25) is 15.1 Å². The van der Waals surface area contributed by atoms with Crippen molar-refractivity contribution >= 4 is 58.2 Å². The zero-order valence-corrected chi connectivity index (χ0v) is 15.0. The van der Waals surface area contributed by atoms with Gasteiger partial charge in [-0.25, -0.2) is 0 Å². The fourth-order valence-electron chi connectivity index (χ4n) is 2.52. The topological polar surface area (TPSA) is 66.5 Å². The Labute approximate surface area is 158 Å². The molecule has 1 aliphatic rings. The minimum atomic E-state index is -0.501. The number of nitrogens with zero attached hydrogens (tertiary/aromatic N) is 1. The van der Waals surface area contributed by atoms with Gasteiger partial charge in [0.2, 0.25) is 5.91 Å². The molecule has 0 unspecified atom stereocenters. The molecule has 1 N–H and O–H groups in total. The van der Waals surface area contributed by atoms with Crippen LogP contribution in [0.15, 0.2) is 36.4 Å². The first kappa shape index (κ1) is 17.7. The van der Waals surface area contributed by atoms with Crippen LogP contribution in [-0.2, 0) is 4.79 Å². The van der Waals surface area contributed by atoms with E-state index >= 15 is 0 Å². The van der Waals surface area contributed by atoms with E-state index < -0.39 is 17.7 Å². The van der Waals surface area contributed by atoms with Gasteiger partial charge in [-0.15, -0.1) is 0 Å². The largest absolute Gasteiger partial charge is 0.325 e. The molecule has 5 nitrogen and oxygen atoms in total. The van der Waals surface area contributed by atoms with E-state index in [1.54, 1.807) is 30.3 Å². The monoisotopic (exact) mass is 396 g/mol. The molecule has 3 amide bonds. The molecular weight excluding hydrogens is 387 g/mol. The van der Waals surface area contributed by atoms with Crippen LogP contribution in [0.1, 0.15) is 27.1 Å². The van der Waals surface area contributed by atoms with Crippen LogP contribution in [-0.4, -0.2) is 29.2 Å². The number of imide groups is 1. The van der Waals surface area contributed by atoms with E-state index in [0.717, 1.165) is 4.90 Å². The summed E-state index contributed by atoms with van der Waals surface area (Å²) in [6.07, 6.45) is -0.0775. The number of nitrogens with one attached hydrogen (secondary N) is 1. The SMILES string of the molecule is O=C(CCN1C(=O)c2cccc(Cl)c2C1=O)Nc1cccc(Cl)c1Cl. The molecule has 0 radical (unpaired) electrons. The van der Waals surface area contributed by atoms with Gasteiger partial charge in [-0.2, -0.15) is 0 Å². The van der Waals surface area contributed by atoms with Crippen molar-refractivity contribution in [3.63, 3.8) is 0 Å². The number of halogens is 3. The molecule has 0 aromatic heterocycles. The minimum absolute atomic E-state index is 0.0628. The van der Waals surface area contributed by atoms with Gasteiger partial charge in [-0.05, 0) is 24.3 Å². The second-order valence-electron chi connectivity index (χ2n) is 5.32.